The Hall–Kier alpha value is -0.830. The molecular formula is C14H18BrNO. The van der Waals surface area contributed by atoms with Crippen molar-refractivity contribution in [3.05, 3.63) is 33.8 Å². The summed E-state index contributed by atoms with van der Waals surface area (Å²) < 4.78 is 1.05. The third-order valence-electron chi connectivity index (χ3n) is 3.36. The van der Waals surface area contributed by atoms with Crippen LogP contribution in [0.4, 0.5) is 0 Å². The summed E-state index contributed by atoms with van der Waals surface area (Å²) in [6, 6.07) is 6.13. The molecule has 1 saturated heterocycles. The zero-order valence-corrected chi connectivity index (χ0v) is 11.8. The van der Waals surface area contributed by atoms with Crippen LogP contribution in [0.3, 0.4) is 0 Å². The van der Waals surface area contributed by atoms with Crippen molar-refractivity contribution in [3.63, 3.8) is 0 Å². The van der Waals surface area contributed by atoms with E-state index in [0.29, 0.717) is 6.42 Å². The van der Waals surface area contributed by atoms with Crippen molar-refractivity contribution in [1.29, 1.82) is 0 Å². The normalized spacial score (nSPS) is 16.0. The number of nitrogens with zero attached hydrogens (tertiary/aromatic N) is 1. The molecule has 2 nitrogen and oxygen atoms in total. The molecule has 1 aliphatic rings. The average molecular weight is 296 g/mol. The van der Waals surface area contributed by atoms with Gasteiger partial charge in [-0.3, -0.25) is 4.79 Å². The summed E-state index contributed by atoms with van der Waals surface area (Å²) in [5.74, 6) is 0.269. The fraction of sp³-hybridized carbons (Fsp3) is 0.500. The summed E-state index contributed by atoms with van der Waals surface area (Å²) in [4.78, 5) is 14.1. The average Bonchev–Trinajstić information content (AvgIpc) is 2.35. The van der Waals surface area contributed by atoms with Crippen molar-refractivity contribution >= 4 is 21.8 Å². The van der Waals surface area contributed by atoms with Crippen LogP contribution in [-0.2, 0) is 11.2 Å². The number of benzene rings is 1. The lowest BCUT2D eigenvalue weighted by Gasteiger charge is -2.27. The minimum absolute atomic E-state index is 0.269. The highest BCUT2D eigenvalue weighted by molar-refractivity contribution is 9.10. The van der Waals surface area contributed by atoms with Gasteiger partial charge >= 0.3 is 0 Å². The van der Waals surface area contributed by atoms with Gasteiger partial charge in [-0.15, -0.1) is 0 Å². The Kier molecular flexibility index (Phi) is 4.21. The van der Waals surface area contributed by atoms with E-state index >= 15 is 0 Å². The third kappa shape index (κ3) is 3.32. The molecule has 0 bridgehead atoms. The Balaban J connectivity index is 2.04. The van der Waals surface area contributed by atoms with E-state index in [4.69, 9.17) is 0 Å². The molecule has 0 N–H and O–H groups in total. The van der Waals surface area contributed by atoms with Gasteiger partial charge < -0.3 is 4.90 Å². The summed E-state index contributed by atoms with van der Waals surface area (Å²) in [6.07, 6.45) is 4.11. The van der Waals surface area contributed by atoms with Gasteiger partial charge in [-0.2, -0.15) is 0 Å². The van der Waals surface area contributed by atoms with Crippen molar-refractivity contribution in [2.24, 2.45) is 0 Å². The van der Waals surface area contributed by atoms with Crippen LogP contribution in [0.1, 0.15) is 30.4 Å². The molecule has 1 aromatic carbocycles. The van der Waals surface area contributed by atoms with E-state index in [-0.39, 0.29) is 5.91 Å². The SMILES string of the molecule is Cc1ccc(Br)cc1CC(=O)N1CCCCC1. The fourth-order valence-electron chi connectivity index (χ4n) is 2.25. The minimum atomic E-state index is 0.269. The number of piperidine rings is 1. The van der Waals surface area contributed by atoms with Gasteiger partial charge in [0.2, 0.25) is 5.91 Å². The van der Waals surface area contributed by atoms with Gasteiger partial charge in [0.25, 0.3) is 0 Å². The molecule has 1 fully saturated rings. The second-order valence-electron chi connectivity index (χ2n) is 4.69. The predicted octanol–water partition coefficient (Wildman–Crippen LogP) is 3.31. The number of amides is 1. The Bertz CT molecular complexity index is 411. The van der Waals surface area contributed by atoms with E-state index in [1.165, 1.54) is 12.0 Å². The predicted molar refractivity (Wildman–Crippen MR) is 73.0 cm³/mol. The quantitative estimate of drug-likeness (QED) is 0.820. The molecule has 3 heteroatoms. The van der Waals surface area contributed by atoms with Gasteiger partial charge in [-0.05, 0) is 49.4 Å². The second-order valence-corrected chi connectivity index (χ2v) is 5.60. The summed E-state index contributed by atoms with van der Waals surface area (Å²) in [6.45, 7) is 3.93. The largest absolute Gasteiger partial charge is 0.342 e. The Morgan fingerprint density at radius 3 is 2.71 bits per heavy atom. The van der Waals surface area contributed by atoms with Gasteiger partial charge in [-0.25, -0.2) is 0 Å². The molecule has 0 spiro atoms. The molecule has 92 valence electrons. The first-order chi connectivity index (χ1) is 8.16. The maximum Gasteiger partial charge on any atom is 0.226 e. The molecule has 2 rings (SSSR count). The van der Waals surface area contributed by atoms with Crippen LogP contribution in [0.25, 0.3) is 0 Å². The zero-order valence-electron chi connectivity index (χ0n) is 10.2. The smallest absolute Gasteiger partial charge is 0.226 e. The lowest BCUT2D eigenvalue weighted by atomic mass is 10.0. The molecule has 0 aromatic heterocycles. The van der Waals surface area contributed by atoms with Crippen molar-refractivity contribution < 1.29 is 4.79 Å². The van der Waals surface area contributed by atoms with E-state index in [1.54, 1.807) is 0 Å². The monoisotopic (exact) mass is 295 g/mol. The standard InChI is InChI=1S/C14H18BrNO/c1-11-5-6-13(15)9-12(11)10-14(17)16-7-3-2-4-8-16/h5-6,9H,2-4,7-8,10H2,1H3. The summed E-state index contributed by atoms with van der Waals surface area (Å²) in [5.41, 5.74) is 2.33. The molecule has 0 radical (unpaired) electrons. The van der Waals surface area contributed by atoms with Crippen LogP contribution in [0.2, 0.25) is 0 Å². The van der Waals surface area contributed by atoms with Crippen LogP contribution in [0.15, 0.2) is 22.7 Å². The molecular weight excluding hydrogens is 278 g/mol. The molecule has 1 heterocycles. The number of likely N-dealkylation sites (tertiary alicyclic amines) is 1. The van der Waals surface area contributed by atoms with Crippen molar-refractivity contribution in [1.82, 2.24) is 4.90 Å². The van der Waals surface area contributed by atoms with Crippen LogP contribution < -0.4 is 0 Å². The van der Waals surface area contributed by atoms with Crippen LogP contribution >= 0.6 is 15.9 Å². The van der Waals surface area contributed by atoms with E-state index < -0.39 is 0 Å². The maximum absolute atomic E-state index is 12.1. The summed E-state index contributed by atoms with van der Waals surface area (Å²) >= 11 is 3.46. The van der Waals surface area contributed by atoms with E-state index in [0.717, 1.165) is 36.0 Å². The summed E-state index contributed by atoms with van der Waals surface area (Å²) in [7, 11) is 0. The number of hydrogen-bond donors (Lipinski definition) is 0. The van der Waals surface area contributed by atoms with Crippen LogP contribution in [0, 0.1) is 6.92 Å². The second kappa shape index (κ2) is 5.67. The molecule has 0 atom stereocenters. The number of rotatable bonds is 2. The number of carbonyl (C=O) groups is 1. The summed E-state index contributed by atoms with van der Waals surface area (Å²) in [5, 5.41) is 0. The first-order valence-corrected chi connectivity index (χ1v) is 6.99. The van der Waals surface area contributed by atoms with Gasteiger partial charge in [-0.1, -0.05) is 22.0 Å². The highest BCUT2D eigenvalue weighted by atomic mass is 79.9. The molecule has 0 saturated carbocycles. The topological polar surface area (TPSA) is 20.3 Å². The first-order valence-electron chi connectivity index (χ1n) is 6.19. The number of halogens is 1. The number of hydrogen-bond acceptors (Lipinski definition) is 1. The first kappa shape index (κ1) is 12.6. The number of aryl methyl sites for hydroxylation is 1. The Labute approximate surface area is 111 Å². The van der Waals surface area contributed by atoms with Crippen LogP contribution in [-0.4, -0.2) is 23.9 Å². The number of carbonyl (C=O) groups excluding carboxylic acids is 1. The van der Waals surface area contributed by atoms with Crippen molar-refractivity contribution in [2.75, 3.05) is 13.1 Å². The van der Waals surface area contributed by atoms with Crippen molar-refractivity contribution in [3.8, 4) is 0 Å². The van der Waals surface area contributed by atoms with E-state index in [1.807, 2.05) is 11.0 Å². The fourth-order valence-corrected chi connectivity index (χ4v) is 2.66. The molecule has 1 aromatic rings. The van der Waals surface area contributed by atoms with Gasteiger partial charge in [0, 0.05) is 17.6 Å². The molecule has 1 amide bonds. The van der Waals surface area contributed by atoms with Crippen LogP contribution in [0.5, 0.6) is 0 Å². The van der Waals surface area contributed by atoms with Gasteiger partial charge in [0.05, 0.1) is 6.42 Å². The van der Waals surface area contributed by atoms with Crippen molar-refractivity contribution in [2.45, 2.75) is 32.6 Å². The van der Waals surface area contributed by atoms with E-state index in [2.05, 4.69) is 35.0 Å². The lowest BCUT2D eigenvalue weighted by molar-refractivity contribution is -0.131. The Morgan fingerprint density at radius 1 is 1.29 bits per heavy atom. The molecule has 1 aliphatic heterocycles. The maximum atomic E-state index is 12.1. The highest BCUT2D eigenvalue weighted by Crippen LogP contribution is 2.18. The molecule has 17 heavy (non-hydrogen) atoms. The minimum Gasteiger partial charge on any atom is -0.342 e. The van der Waals surface area contributed by atoms with E-state index in [9.17, 15) is 4.79 Å². The zero-order chi connectivity index (χ0) is 12.3. The molecule has 0 unspecified atom stereocenters. The lowest BCUT2D eigenvalue weighted by Crippen LogP contribution is -2.36. The third-order valence-corrected chi connectivity index (χ3v) is 3.85. The Morgan fingerprint density at radius 2 is 2.00 bits per heavy atom. The highest BCUT2D eigenvalue weighted by Gasteiger charge is 2.17. The van der Waals surface area contributed by atoms with Gasteiger partial charge in [0.1, 0.15) is 0 Å². The van der Waals surface area contributed by atoms with Gasteiger partial charge in [0.15, 0.2) is 0 Å². The molecule has 0 aliphatic carbocycles.